The van der Waals surface area contributed by atoms with Crippen molar-refractivity contribution in [1.29, 1.82) is 0 Å². The van der Waals surface area contributed by atoms with Crippen molar-refractivity contribution in [2.45, 2.75) is 5.92 Å². The minimum absolute atomic E-state index is 0.0175. The first kappa shape index (κ1) is 14.7. The summed E-state index contributed by atoms with van der Waals surface area (Å²) in [6.07, 6.45) is 0. The Kier molecular flexibility index (Phi) is 3.45. The molecule has 0 radical (unpaired) electrons. The summed E-state index contributed by atoms with van der Waals surface area (Å²) in [5, 5.41) is 0. The standard InChI is InChI=1S/C18H16O6/c1-20-15-6-11-14(7-16(15)21-2)22-8-12(18(11)19)10-3-4-13-17(5-10)24-9-23-13/h3-7,12H,8-9H2,1-2H3. The Bertz CT molecular complexity index is 813. The highest BCUT2D eigenvalue weighted by Crippen LogP contribution is 2.41. The molecule has 2 aliphatic heterocycles. The Morgan fingerprint density at radius 1 is 0.917 bits per heavy atom. The van der Waals surface area contributed by atoms with Crippen molar-refractivity contribution in [3.05, 3.63) is 41.5 Å². The molecule has 6 nitrogen and oxygen atoms in total. The third-order valence-corrected chi connectivity index (χ3v) is 4.27. The van der Waals surface area contributed by atoms with Crippen molar-refractivity contribution < 1.29 is 28.5 Å². The van der Waals surface area contributed by atoms with Crippen LogP contribution >= 0.6 is 0 Å². The van der Waals surface area contributed by atoms with Crippen LogP contribution < -0.4 is 23.7 Å². The van der Waals surface area contributed by atoms with Crippen LogP contribution in [0.3, 0.4) is 0 Å². The molecule has 124 valence electrons. The van der Waals surface area contributed by atoms with Crippen LogP contribution in [-0.4, -0.2) is 33.4 Å². The Hall–Kier alpha value is -2.89. The van der Waals surface area contributed by atoms with Crippen molar-refractivity contribution >= 4 is 5.78 Å². The molecule has 0 N–H and O–H groups in total. The number of carbonyl (C=O) groups is 1. The molecule has 4 rings (SSSR count). The van der Waals surface area contributed by atoms with Gasteiger partial charge in [0.1, 0.15) is 12.4 Å². The number of methoxy groups -OCH3 is 2. The van der Waals surface area contributed by atoms with Gasteiger partial charge in [0.15, 0.2) is 28.8 Å². The Morgan fingerprint density at radius 2 is 1.67 bits per heavy atom. The van der Waals surface area contributed by atoms with Gasteiger partial charge in [-0.3, -0.25) is 4.79 Å². The van der Waals surface area contributed by atoms with Crippen molar-refractivity contribution in [1.82, 2.24) is 0 Å². The third kappa shape index (κ3) is 2.22. The van der Waals surface area contributed by atoms with Gasteiger partial charge in [-0.1, -0.05) is 6.07 Å². The Morgan fingerprint density at radius 3 is 2.46 bits per heavy atom. The number of rotatable bonds is 3. The van der Waals surface area contributed by atoms with Gasteiger partial charge in [-0.05, 0) is 23.8 Å². The average Bonchev–Trinajstić information content (AvgIpc) is 3.08. The van der Waals surface area contributed by atoms with E-state index in [1.807, 2.05) is 18.2 Å². The third-order valence-electron chi connectivity index (χ3n) is 4.27. The maximum atomic E-state index is 12.9. The fourth-order valence-corrected chi connectivity index (χ4v) is 2.99. The van der Waals surface area contributed by atoms with Crippen LogP contribution in [0.15, 0.2) is 30.3 Å². The molecule has 2 aliphatic rings. The predicted molar refractivity (Wildman–Crippen MR) is 84.7 cm³/mol. The number of benzene rings is 2. The molecule has 0 amide bonds. The van der Waals surface area contributed by atoms with Gasteiger partial charge in [0.2, 0.25) is 6.79 Å². The molecule has 2 aromatic carbocycles. The van der Waals surface area contributed by atoms with Crippen LogP contribution in [0.2, 0.25) is 0 Å². The van der Waals surface area contributed by atoms with E-state index in [1.165, 1.54) is 7.11 Å². The van der Waals surface area contributed by atoms with Gasteiger partial charge in [0.25, 0.3) is 0 Å². The quantitative estimate of drug-likeness (QED) is 0.863. The molecule has 24 heavy (non-hydrogen) atoms. The Labute approximate surface area is 138 Å². The highest BCUT2D eigenvalue weighted by Gasteiger charge is 2.32. The van der Waals surface area contributed by atoms with Gasteiger partial charge in [-0.25, -0.2) is 0 Å². The fourth-order valence-electron chi connectivity index (χ4n) is 2.99. The number of hydrogen-bond donors (Lipinski definition) is 0. The number of fused-ring (bicyclic) bond motifs is 2. The summed E-state index contributed by atoms with van der Waals surface area (Å²) in [6.45, 7) is 0.467. The zero-order chi connectivity index (χ0) is 16.7. The minimum atomic E-state index is -0.398. The van der Waals surface area contributed by atoms with E-state index in [2.05, 4.69) is 0 Å². The van der Waals surface area contributed by atoms with Crippen LogP contribution in [0, 0.1) is 0 Å². The lowest BCUT2D eigenvalue weighted by Gasteiger charge is -2.25. The average molecular weight is 328 g/mol. The van der Waals surface area contributed by atoms with E-state index in [1.54, 1.807) is 19.2 Å². The second-order valence-electron chi connectivity index (χ2n) is 5.54. The molecule has 0 saturated carbocycles. The SMILES string of the molecule is COc1cc2c(cc1OC)C(=O)C(c1ccc3c(c1)OCO3)CO2. The second kappa shape index (κ2) is 5.63. The summed E-state index contributed by atoms with van der Waals surface area (Å²) in [5.74, 6) is 2.47. The van der Waals surface area contributed by atoms with Gasteiger partial charge < -0.3 is 23.7 Å². The summed E-state index contributed by atoms with van der Waals surface area (Å²) in [6, 6.07) is 8.86. The van der Waals surface area contributed by atoms with E-state index in [4.69, 9.17) is 23.7 Å². The number of Topliss-reactive ketones (excluding diaryl/α,β-unsaturated/α-hetero) is 1. The molecular weight excluding hydrogens is 312 g/mol. The van der Waals surface area contributed by atoms with E-state index < -0.39 is 5.92 Å². The van der Waals surface area contributed by atoms with Crippen LogP contribution in [-0.2, 0) is 0 Å². The molecule has 6 heteroatoms. The molecular formula is C18H16O6. The minimum Gasteiger partial charge on any atom is -0.493 e. The smallest absolute Gasteiger partial charge is 0.231 e. The summed E-state index contributed by atoms with van der Waals surface area (Å²) >= 11 is 0. The molecule has 0 aromatic heterocycles. The summed E-state index contributed by atoms with van der Waals surface area (Å²) in [4.78, 5) is 12.9. The van der Waals surface area contributed by atoms with Crippen LogP contribution in [0.4, 0.5) is 0 Å². The van der Waals surface area contributed by atoms with E-state index in [-0.39, 0.29) is 19.2 Å². The van der Waals surface area contributed by atoms with Crippen LogP contribution in [0.1, 0.15) is 21.8 Å². The first-order valence-corrected chi connectivity index (χ1v) is 7.54. The van der Waals surface area contributed by atoms with E-state index >= 15 is 0 Å². The van der Waals surface area contributed by atoms with Crippen molar-refractivity contribution in [3.8, 4) is 28.7 Å². The maximum absolute atomic E-state index is 12.9. The predicted octanol–water partition coefficient (Wildman–Crippen LogP) is 2.79. The van der Waals surface area contributed by atoms with Crippen LogP contribution in [0.25, 0.3) is 0 Å². The zero-order valence-corrected chi connectivity index (χ0v) is 13.3. The van der Waals surface area contributed by atoms with Gasteiger partial charge >= 0.3 is 0 Å². The van der Waals surface area contributed by atoms with Crippen molar-refractivity contribution in [2.24, 2.45) is 0 Å². The zero-order valence-electron chi connectivity index (χ0n) is 13.3. The second-order valence-corrected chi connectivity index (χ2v) is 5.54. The molecule has 1 unspecified atom stereocenters. The fraction of sp³-hybridized carbons (Fsp3) is 0.278. The highest BCUT2D eigenvalue weighted by molar-refractivity contribution is 6.05. The number of carbonyl (C=O) groups excluding carboxylic acids is 1. The van der Waals surface area contributed by atoms with Gasteiger partial charge in [0, 0.05) is 6.07 Å². The van der Waals surface area contributed by atoms with Gasteiger partial charge in [-0.2, -0.15) is 0 Å². The number of hydrogen-bond acceptors (Lipinski definition) is 6. The lowest BCUT2D eigenvalue weighted by molar-refractivity contribution is 0.0895. The normalized spacial score (nSPS) is 17.9. The first-order chi connectivity index (χ1) is 11.7. The molecule has 0 fully saturated rings. The molecule has 0 bridgehead atoms. The maximum Gasteiger partial charge on any atom is 0.231 e. The highest BCUT2D eigenvalue weighted by atomic mass is 16.7. The van der Waals surface area contributed by atoms with E-state index in [0.29, 0.717) is 34.3 Å². The largest absolute Gasteiger partial charge is 0.493 e. The summed E-state index contributed by atoms with van der Waals surface area (Å²) in [5.41, 5.74) is 1.33. The number of ketones is 1. The van der Waals surface area contributed by atoms with Gasteiger partial charge in [0.05, 0.1) is 25.7 Å². The Balaban J connectivity index is 1.71. The lowest BCUT2D eigenvalue weighted by Crippen LogP contribution is -2.26. The monoisotopic (exact) mass is 328 g/mol. The van der Waals surface area contributed by atoms with E-state index in [0.717, 1.165) is 5.56 Å². The molecule has 2 aromatic rings. The molecule has 0 aliphatic carbocycles. The van der Waals surface area contributed by atoms with Crippen LogP contribution in [0.5, 0.6) is 28.7 Å². The first-order valence-electron chi connectivity index (χ1n) is 7.54. The topological polar surface area (TPSA) is 63.2 Å². The molecule has 0 saturated heterocycles. The van der Waals surface area contributed by atoms with Crippen molar-refractivity contribution in [3.63, 3.8) is 0 Å². The lowest BCUT2D eigenvalue weighted by atomic mass is 9.88. The number of ether oxygens (including phenoxy) is 5. The molecule has 2 heterocycles. The molecule has 0 spiro atoms. The van der Waals surface area contributed by atoms with E-state index in [9.17, 15) is 4.79 Å². The summed E-state index contributed by atoms with van der Waals surface area (Å²) < 4.78 is 27.0. The van der Waals surface area contributed by atoms with Gasteiger partial charge in [-0.15, -0.1) is 0 Å². The molecule has 1 atom stereocenters. The summed E-state index contributed by atoms with van der Waals surface area (Å²) in [7, 11) is 3.08. The van der Waals surface area contributed by atoms with Crippen molar-refractivity contribution in [2.75, 3.05) is 27.6 Å².